The third kappa shape index (κ3) is 4.82. The highest BCUT2D eigenvalue weighted by Gasteiger charge is 2.25. The second-order valence-electron chi connectivity index (χ2n) is 4.53. The number of rotatable bonds is 7. The molecule has 1 rings (SSSR count). The first-order valence-corrected chi connectivity index (χ1v) is 8.03. The van der Waals surface area contributed by atoms with Gasteiger partial charge in [-0.05, 0) is 24.0 Å². The molecule has 7 heteroatoms. The van der Waals surface area contributed by atoms with Gasteiger partial charge in [0.2, 0.25) is 5.91 Å². The smallest absolute Gasteiger partial charge is 0.330 e. The number of carboxylic acid groups (broad SMARTS) is 1. The van der Waals surface area contributed by atoms with Gasteiger partial charge >= 0.3 is 5.97 Å². The lowest BCUT2D eigenvalue weighted by Gasteiger charge is -2.18. The number of hydrogen-bond acceptors (Lipinski definition) is 4. The lowest BCUT2D eigenvalue weighted by Crippen LogP contribution is -2.37. The molecule has 0 bridgehead atoms. The highest BCUT2D eigenvalue weighted by Crippen LogP contribution is 2.28. The summed E-state index contributed by atoms with van der Waals surface area (Å²) in [5.41, 5.74) is 0.401. The zero-order valence-electron chi connectivity index (χ0n) is 12.1. The predicted octanol–water partition coefficient (Wildman–Crippen LogP) is 2.59. The molecule has 0 aromatic heterocycles. The number of amides is 1. The lowest BCUT2D eigenvalue weighted by atomic mass is 10.1. The predicted molar refractivity (Wildman–Crippen MR) is 84.1 cm³/mol. The normalized spacial score (nSPS) is 13.3. The van der Waals surface area contributed by atoms with Crippen LogP contribution in [0.2, 0.25) is 5.02 Å². The molecule has 2 unspecified atom stereocenters. The average Bonchev–Trinajstić information content (AvgIpc) is 2.44. The van der Waals surface area contributed by atoms with Crippen LogP contribution in [0.15, 0.2) is 18.2 Å². The number of carbonyl (C=O) groups is 2. The molecule has 0 heterocycles. The van der Waals surface area contributed by atoms with E-state index < -0.39 is 12.0 Å². The SMILES string of the molecule is COc1ccc(C(NC(=O)C(C)CSC)C(=O)O)cc1Cl. The van der Waals surface area contributed by atoms with Crippen LogP contribution in [0.4, 0.5) is 0 Å². The van der Waals surface area contributed by atoms with Gasteiger partial charge in [0.15, 0.2) is 6.04 Å². The number of ether oxygens (including phenoxy) is 1. The number of halogens is 1. The fourth-order valence-corrected chi connectivity index (χ4v) is 2.68. The van der Waals surface area contributed by atoms with E-state index in [0.29, 0.717) is 22.1 Å². The third-order valence-corrected chi connectivity index (χ3v) is 4.04. The van der Waals surface area contributed by atoms with E-state index in [-0.39, 0.29) is 11.8 Å². The van der Waals surface area contributed by atoms with Crippen molar-refractivity contribution in [2.45, 2.75) is 13.0 Å². The molecule has 0 fully saturated rings. The van der Waals surface area contributed by atoms with Crippen LogP contribution in [-0.4, -0.2) is 36.1 Å². The molecule has 116 valence electrons. The number of aliphatic carboxylic acids is 1. The van der Waals surface area contributed by atoms with Crippen molar-refractivity contribution >= 4 is 35.2 Å². The molecule has 2 atom stereocenters. The summed E-state index contributed by atoms with van der Waals surface area (Å²) in [5, 5.41) is 12.1. The van der Waals surface area contributed by atoms with Crippen LogP contribution in [-0.2, 0) is 9.59 Å². The Kier molecular flexibility index (Phi) is 6.84. The Balaban J connectivity index is 2.95. The number of hydrogen-bond donors (Lipinski definition) is 2. The minimum atomic E-state index is -1.14. The summed E-state index contributed by atoms with van der Waals surface area (Å²) >= 11 is 7.52. The Hall–Kier alpha value is -1.40. The van der Waals surface area contributed by atoms with Crippen LogP contribution in [0, 0.1) is 5.92 Å². The number of nitrogens with one attached hydrogen (secondary N) is 1. The minimum absolute atomic E-state index is 0.268. The quantitative estimate of drug-likeness (QED) is 0.803. The van der Waals surface area contributed by atoms with Gasteiger partial charge in [0.25, 0.3) is 0 Å². The molecule has 0 aliphatic carbocycles. The van der Waals surface area contributed by atoms with Gasteiger partial charge in [0, 0.05) is 11.7 Å². The van der Waals surface area contributed by atoms with Crippen LogP contribution >= 0.6 is 23.4 Å². The van der Waals surface area contributed by atoms with E-state index in [0.717, 1.165) is 0 Å². The minimum Gasteiger partial charge on any atom is -0.495 e. The van der Waals surface area contributed by atoms with E-state index in [1.165, 1.54) is 24.9 Å². The van der Waals surface area contributed by atoms with Crippen molar-refractivity contribution in [2.75, 3.05) is 19.1 Å². The molecule has 0 saturated heterocycles. The number of benzene rings is 1. The molecule has 0 aliphatic rings. The average molecular weight is 332 g/mol. The van der Waals surface area contributed by atoms with Crippen LogP contribution in [0.5, 0.6) is 5.75 Å². The first-order chi connectivity index (χ1) is 9.90. The Morgan fingerprint density at radius 1 is 1.48 bits per heavy atom. The Morgan fingerprint density at radius 2 is 2.14 bits per heavy atom. The second-order valence-corrected chi connectivity index (χ2v) is 5.85. The third-order valence-electron chi connectivity index (χ3n) is 2.91. The molecule has 1 aromatic rings. The van der Waals surface area contributed by atoms with Crippen LogP contribution in [0.3, 0.4) is 0 Å². The van der Waals surface area contributed by atoms with Gasteiger partial charge in [-0.25, -0.2) is 4.79 Å². The molecule has 0 spiro atoms. The van der Waals surface area contributed by atoms with E-state index in [1.807, 2.05) is 6.26 Å². The maximum Gasteiger partial charge on any atom is 0.330 e. The van der Waals surface area contributed by atoms with Crippen molar-refractivity contribution in [1.29, 1.82) is 0 Å². The van der Waals surface area contributed by atoms with Gasteiger partial charge in [-0.1, -0.05) is 24.6 Å². The van der Waals surface area contributed by atoms with Crippen molar-refractivity contribution in [2.24, 2.45) is 5.92 Å². The van der Waals surface area contributed by atoms with Gasteiger partial charge in [0.1, 0.15) is 5.75 Å². The van der Waals surface area contributed by atoms with Crippen LogP contribution in [0.1, 0.15) is 18.5 Å². The monoisotopic (exact) mass is 331 g/mol. The largest absolute Gasteiger partial charge is 0.495 e. The topological polar surface area (TPSA) is 75.6 Å². The van der Waals surface area contributed by atoms with E-state index in [9.17, 15) is 14.7 Å². The summed E-state index contributed by atoms with van der Waals surface area (Å²) in [7, 11) is 1.47. The first-order valence-electron chi connectivity index (χ1n) is 6.26. The molecular formula is C14H18ClNO4S. The summed E-state index contributed by atoms with van der Waals surface area (Å²) in [6, 6.07) is 3.50. The second kappa shape index (κ2) is 8.14. The van der Waals surface area contributed by atoms with Crippen molar-refractivity contribution in [3.8, 4) is 5.75 Å². The van der Waals surface area contributed by atoms with Crippen molar-refractivity contribution in [3.63, 3.8) is 0 Å². The molecule has 2 N–H and O–H groups in total. The lowest BCUT2D eigenvalue weighted by molar-refractivity contribution is -0.142. The van der Waals surface area contributed by atoms with Gasteiger partial charge < -0.3 is 15.2 Å². The standard InChI is InChI=1S/C14H18ClNO4S/c1-8(7-21-3)13(17)16-12(14(18)19)9-4-5-11(20-2)10(15)6-9/h4-6,8,12H,7H2,1-3H3,(H,16,17)(H,18,19). The van der Waals surface area contributed by atoms with E-state index in [2.05, 4.69) is 5.32 Å². The van der Waals surface area contributed by atoms with Crippen LogP contribution in [0.25, 0.3) is 0 Å². The highest BCUT2D eigenvalue weighted by molar-refractivity contribution is 7.98. The van der Waals surface area contributed by atoms with E-state index >= 15 is 0 Å². The first kappa shape index (κ1) is 17.7. The molecule has 1 amide bonds. The number of carboxylic acids is 1. The van der Waals surface area contributed by atoms with E-state index in [4.69, 9.17) is 16.3 Å². The number of thioether (sulfide) groups is 1. The Morgan fingerprint density at radius 3 is 2.62 bits per heavy atom. The molecule has 5 nitrogen and oxygen atoms in total. The van der Waals surface area contributed by atoms with Gasteiger partial charge in [-0.3, -0.25) is 4.79 Å². The summed E-state index contributed by atoms with van der Waals surface area (Å²) in [6.45, 7) is 1.76. The van der Waals surface area contributed by atoms with Gasteiger partial charge in [-0.15, -0.1) is 0 Å². The van der Waals surface area contributed by atoms with Crippen molar-refractivity contribution in [1.82, 2.24) is 5.32 Å². The molecule has 0 saturated carbocycles. The maximum absolute atomic E-state index is 12.0. The van der Waals surface area contributed by atoms with Crippen molar-refractivity contribution in [3.05, 3.63) is 28.8 Å². The molecule has 21 heavy (non-hydrogen) atoms. The molecular weight excluding hydrogens is 314 g/mol. The number of carbonyl (C=O) groups excluding carboxylic acids is 1. The van der Waals surface area contributed by atoms with Gasteiger partial charge in [-0.2, -0.15) is 11.8 Å². The Labute approximate surface area is 133 Å². The maximum atomic E-state index is 12.0. The zero-order chi connectivity index (χ0) is 16.0. The summed E-state index contributed by atoms with van der Waals surface area (Å²) in [5.74, 6) is -0.631. The summed E-state index contributed by atoms with van der Waals surface area (Å²) in [4.78, 5) is 23.4. The Bertz CT molecular complexity index is 524. The number of methoxy groups -OCH3 is 1. The fraction of sp³-hybridized carbons (Fsp3) is 0.429. The molecule has 0 radical (unpaired) electrons. The van der Waals surface area contributed by atoms with Crippen molar-refractivity contribution < 1.29 is 19.4 Å². The molecule has 0 aliphatic heterocycles. The fourth-order valence-electron chi connectivity index (χ4n) is 1.76. The summed E-state index contributed by atoms with van der Waals surface area (Å²) in [6.07, 6.45) is 1.89. The molecule has 1 aromatic carbocycles. The van der Waals surface area contributed by atoms with Crippen LogP contribution < -0.4 is 10.1 Å². The summed E-state index contributed by atoms with van der Waals surface area (Å²) < 4.78 is 5.02. The van der Waals surface area contributed by atoms with Gasteiger partial charge in [0.05, 0.1) is 12.1 Å². The highest BCUT2D eigenvalue weighted by atomic mass is 35.5. The van der Waals surface area contributed by atoms with E-state index in [1.54, 1.807) is 19.1 Å². The zero-order valence-corrected chi connectivity index (χ0v) is 13.6.